The number of aryl methyl sites for hydroxylation is 1. The molecule has 1 fully saturated rings. The first-order chi connectivity index (χ1) is 11.7. The van der Waals surface area contributed by atoms with Crippen molar-refractivity contribution >= 4 is 5.91 Å². The summed E-state index contributed by atoms with van der Waals surface area (Å²) in [6, 6.07) is 3.52. The van der Waals surface area contributed by atoms with Gasteiger partial charge in [0.15, 0.2) is 0 Å². The molecule has 0 radical (unpaired) electrons. The summed E-state index contributed by atoms with van der Waals surface area (Å²) in [6.45, 7) is 0.479. The van der Waals surface area contributed by atoms with Crippen LogP contribution >= 0.6 is 0 Å². The largest absolute Gasteiger partial charge is 0.481 e. The van der Waals surface area contributed by atoms with E-state index in [-0.39, 0.29) is 24.0 Å². The van der Waals surface area contributed by atoms with Crippen LogP contribution in [0.4, 0.5) is 0 Å². The molecule has 2 aromatic heterocycles. The molecule has 2 N–H and O–H groups in total. The maximum Gasteiger partial charge on any atom is 0.222 e. The highest BCUT2D eigenvalue weighted by atomic mass is 16.5. The maximum absolute atomic E-state index is 12.3. The number of hydrogen-bond acceptors (Lipinski definition) is 6. The molecule has 3 rings (SSSR count). The van der Waals surface area contributed by atoms with Gasteiger partial charge in [-0.1, -0.05) is 6.07 Å². The normalized spacial score (nSPS) is 20.9. The number of carbonyl (C=O) groups excluding carboxylic acids is 1. The van der Waals surface area contributed by atoms with Crippen LogP contribution in [-0.4, -0.2) is 44.0 Å². The van der Waals surface area contributed by atoms with E-state index in [4.69, 9.17) is 4.74 Å². The zero-order valence-corrected chi connectivity index (χ0v) is 13.5. The van der Waals surface area contributed by atoms with Crippen molar-refractivity contribution < 1.29 is 14.6 Å². The fraction of sp³-hybridized carbons (Fsp3) is 0.500. The molecule has 0 aromatic carbocycles. The van der Waals surface area contributed by atoms with E-state index >= 15 is 0 Å². The lowest BCUT2D eigenvalue weighted by molar-refractivity contribution is -0.123. The van der Waals surface area contributed by atoms with Gasteiger partial charge in [0, 0.05) is 18.7 Å². The Morgan fingerprint density at radius 2 is 2.33 bits per heavy atom. The fourth-order valence-corrected chi connectivity index (χ4v) is 2.88. The van der Waals surface area contributed by atoms with E-state index in [0.29, 0.717) is 31.7 Å². The number of hydrogen-bond donors (Lipinski definition) is 2. The molecule has 2 aromatic rings. The second-order valence-electron chi connectivity index (χ2n) is 5.97. The molecule has 8 heteroatoms. The Hall–Kier alpha value is -2.48. The highest BCUT2D eigenvalue weighted by Crippen LogP contribution is 2.38. The zero-order chi connectivity index (χ0) is 16.9. The van der Waals surface area contributed by atoms with Crippen LogP contribution in [0.1, 0.15) is 30.9 Å². The number of aliphatic hydroxyl groups is 1. The Morgan fingerprint density at radius 3 is 2.92 bits per heavy atom. The molecule has 24 heavy (non-hydrogen) atoms. The predicted molar refractivity (Wildman–Crippen MR) is 85.0 cm³/mol. The van der Waals surface area contributed by atoms with E-state index in [1.165, 1.54) is 6.33 Å². The Bertz CT molecular complexity index is 653. The second-order valence-corrected chi connectivity index (χ2v) is 5.97. The standard InChI is InChI=1S/C16H21N5O3/c1-24-15-3-2-11(8-18-15)16(12-6-13(22)7-12)20-14(23)4-5-21-10-17-9-19-21/h2-3,8-10,12-13,16,22H,4-7H2,1H3,(H,20,23)/t12?,13?,16-/m1/s1. The Kier molecular flexibility index (Phi) is 5.05. The van der Waals surface area contributed by atoms with Gasteiger partial charge >= 0.3 is 0 Å². The van der Waals surface area contributed by atoms with Gasteiger partial charge in [-0.2, -0.15) is 5.10 Å². The van der Waals surface area contributed by atoms with Gasteiger partial charge in [0.1, 0.15) is 12.7 Å². The summed E-state index contributed by atoms with van der Waals surface area (Å²) in [7, 11) is 1.56. The summed E-state index contributed by atoms with van der Waals surface area (Å²) in [4.78, 5) is 20.4. The lowest BCUT2D eigenvalue weighted by Gasteiger charge is -2.38. The third-order valence-electron chi connectivity index (χ3n) is 4.30. The number of aliphatic hydroxyl groups excluding tert-OH is 1. The number of rotatable bonds is 7. The van der Waals surface area contributed by atoms with Crippen molar-refractivity contribution in [3.63, 3.8) is 0 Å². The number of pyridine rings is 1. The van der Waals surface area contributed by atoms with Gasteiger partial charge in [-0.3, -0.25) is 9.48 Å². The first kappa shape index (κ1) is 16.4. The topological polar surface area (TPSA) is 102 Å². The number of amides is 1. The number of aromatic nitrogens is 4. The van der Waals surface area contributed by atoms with Crippen LogP contribution in [0.5, 0.6) is 5.88 Å². The van der Waals surface area contributed by atoms with Gasteiger partial charge < -0.3 is 15.2 Å². The molecule has 1 amide bonds. The molecule has 0 saturated heterocycles. The molecule has 1 aliphatic carbocycles. The minimum Gasteiger partial charge on any atom is -0.481 e. The van der Waals surface area contributed by atoms with Crippen molar-refractivity contribution in [2.45, 2.75) is 38.0 Å². The molecular formula is C16H21N5O3. The fourth-order valence-electron chi connectivity index (χ4n) is 2.88. The first-order valence-electron chi connectivity index (χ1n) is 7.95. The van der Waals surface area contributed by atoms with Crippen LogP contribution in [0.25, 0.3) is 0 Å². The van der Waals surface area contributed by atoms with E-state index in [1.54, 1.807) is 30.4 Å². The van der Waals surface area contributed by atoms with E-state index in [0.717, 1.165) is 5.56 Å². The van der Waals surface area contributed by atoms with Crippen LogP contribution in [0.3, 0.4) is 0 Å². The van der Waals surface area contributed by atoms with Gasteiger partial charge in [-0.15, -0.1) is 0 Å². The summed E-state index contributed by atoms with van der Waals surface area (Å²) in [6.07, 6.45) is 6.14. The van der Waals surface area contributed by atoms with Crippen LogP contribution < -0.4 is 10.1 Å². The quantitative estimate of drug-likeness (QED) is 0.774. The third kappa shape index (κ3) is 3.88. The monoisotopic (exact) mass is 331 g/mol. The average molecular weight is 331 g/mol. The molecule has 0 bridgehead atoms. The molecule has 0 unspecified atom stereocenters. The smallest absolute Gasteiger partial charge is 0.222 e. The number of carbonyl (C=O) groups is 1. The minimum absolute atomic E-state index is 0.0623. The molecular weight excluding hydrogens is 310 g/mol. The van der Waals surface area contributed by atoms with E-state index in [9.17, 15) is 9.90 Å². The summed E-state index contributed by atoms with van der Waals surface area (Å²) >= 11 is 0. The van der Waals surface area contributed by atoms with Crippen molar-refractivity contribution in [1.29, 1.82) is 0 Å². The van der Waals surface area contributed by atoms with Gasteiger partial charge in [0.2, 0.25) is 11.8 Å². The molecule has 0 aliphatic heterocycles. The maximum atomic E-state index is 12.3. The van der Waals surface area contributed by atoms with Crippen LogP contribution in [0.2, 0.25) is 0 Å². The summed E-state index contributed by atoms with van der Waals surface area (Å²) < 4.78 is 6.70. The summed E-state index contributed by atoms with van der Waals surface area (Å²) in [5.74, 6) is 0.682. The Balaban J connectivity index is 1.64. The molecule has 8 nitrogen and oxygen atoms in total. The van der Waals surface area contributed by atoms with Gasteiger partial charge in [-0.05, 0) is 24.3 Å². The summed E-state index contributed by atoms with van der Waals surface area (Å²) in [5, 5.41) is 16.6. The number of nitrogens with zero attached hydrogens (tertiary/aromatic N) is 4. The second kappa shape index (κ2) is 7.39. The molecule has 1 atom stereocenters. The number of methoxy groups -OCH3 is 1. The van der Waals surface area contributed by atoms with Gasteiger partial charge in [0.25, 0.3) is 0 Å². The molecule has 0 spiro atoms. The molecule has 2 heterocycles. The lowest BCUT2D eigenvalue weighted by Crippen LogP contribution is -2.41. The number of nitrogens with one attached hydrogen (secondary N) is 1. The Morgan fingerprint density at radius 1 is 1.50 bits per heavy atom. The summed E-state index contributed by atoms with van der Waals surface area (Å²) in [5.41, 5.74) is 0.918. The number of ether oxygens (including phenoxy) is 1. The van der Waals surface area contributed by atoms with E-state index in [2.05, 4.69) is 20.4 Å². The molecule has 128 valence electrons. The average Bonchev–Trinajstić information content (AvgIpc) is 3.09. The van der Waals surface area contributed by atoms with Crippen molar-refractivity contribution in [1.82, 2.24) is 25.1 Å². The van der Waals surface area contributed by atoms with E-state index < -0.39 is 0 Å². The van der Waals surface area contributed by atoms with Crippen LogP contribution in [0, 0.1) is 5.92 Å². The molecule has 1 saturated carbocycles. The highest BCUT2D eigenvalue weighted by molar-refractivity contribution is 5.76. The van der Waals surface area contributed by atoms with Crippen LogP contribution in [0.15, 0.2) is 31.0 Å². The van der Waals surface area contributed by atoms with Crippen molar-refractivity contribution in [2.75, 3.05) is 7.11 Å². The highest BCUT2D eigenvalue weighted by Gasteiger charge is 2.35. The van der Waals surface area contributed by atoms with E-state index in [1.807, 2.05) is 6.07 Å². The van der Waals surface area contributed by atoms with Gasteiger partial charge in [-0.25, -0.2) is 9.97 Å². The van der Waals surface area contributed by atoms with Crippen molar-refractivity contribution in [3.8, 4) is 5.88 Å². The first-order valence-corrected chi connectivity index (χ1v) is 7.95. The van der Waals surface area contributed by atoms with Gasteiger partial charge in [0.05, 0.1) is 25.8 Å². The van der Waals surface area contributed by atoms with Crippen LogP contribution in [-0.2, 0) is 11.3 Å². The van der Waals surface area contributed by atoms with Crippen molar-refractivity contribution in [3.05, 3.63) is 36.5 Å². The minimum atomic E-state index is -0.282. The predicted octanol–water partition coefficient (Wildman–Crippen LogP) is 0.700. The Labute approximate surface area is 139 Å². The lowest BCUT2D eigenvalue weighted by atomic mass is 9.75. The zero-order valence-electron chi connectivity index (χ0n) is 13.5. The third-order valence-corrected chi connectivity index (χ3v) is 4.30. The molecule has 1 aliphatic rings. The SMILES string of the molecule is COc1ccc([C@@H](NC(=O)CCn2cncn2)C2CC(O)C2)cn1. The van der Waals surface area contributed by atoms with Crippen molar-refractivity contribution in [2.24, 2.45) is 5.92 Å².